The summed E-state index contributed by atoms with van der Waals surface area (Å²) in [5.41, 5.74) is 3.59. The monoisotopic (exact) mass is 482 g/mol. The molecule has 4 rings (SSSR count). The Balaban J connectivity index is 1.99. The van der Waals surface area contributed by atoms with E-state index >= 15 is 0 Å². The smallest absolute Gasteiger partial charge is 0.206 e. The van der Waals surface area contributed by atoms with Gasteiger partial charge in [0.15, 0.2) is 0 Å². The third-order valence-corrected chi connectivity index (χ3v) is 7.97. The molecule has 0 aliphatic carbocycles. The van der Waals surface area contributed by atoms with Gasteiger partial charge in [0.1, 0.15) is 6.10 Å². The van der Waals surface area contributed by atoms with Gasteiger partial charge in [-0.25, -0.2) is 8.42 Å². The maximum atomic E-state index is 13.9. The summed E-state index contributed by atoms with van der Waals surface area (Å²) in [5.74, 6) is 0. The molecule has 30 heavy (non-hydrogen) atoms. The van der Waals surface area contributed by atoms with Crippen LogP contribution in [0.2, 0.25) is 0 Å². The number of hydrogen-bond donors (Lipinski definition) is 0. The lowest BCUT2D eigenvalue weighted by molar-refractivity contribution is 0.0197. The Kier molecular flexibility index (Phi) is 6.23. The second-order valence-electron chi connectivity index (χ2n) is 7.43. The van der Waals surface area contributed by atoms with Crippen molar-refractivity contribution >= 4 is 31.3 Å². The van der Waals surface area contributed by atoms with Crippen LogP contribution in [0.25, 0.3) is 5.57 Å². The van der Waals surface area contributed by atoms with Crippen LogP contribution in [0.15, 0.2) is 94.7 Å². The molecule has 0 fully saturated rings. The summed E-state index contributed by atoms with van der Waals surface area (Å²) < 4.78 is 34.2. The molecule has 2 atom stereocenters. The lowest BCUT2D eigenvalue weighted by atomic mass is 9.93. The molecule has 2 unspecified atom stereocenters. The number of sulfone groups is 1. The molecule has 0 N–H and O–H groups in total. The Bertz CT molecular complexity index is 1140. The molecular weight excluding hydrogens is 460 g/mol. The standard InChI is InChI=1S/C25H23BrO3S/c1-18-12-14-22(15-13-18)30(27,28)25-23(19-8-4-2-5-9-19)16-21(17-26)29-24(25)20-10-6-3-7-11-20/h2-15,21,24H,16-17H2,1H3. The highest BCUT2D eigenvalue weighted by atomic mass is 79.9. The van der Waals surface area contributed by atoms with Crippen LogP contribution in [-0.4, -0.2) is 19.9 Å². The van der Waals surface area contributed by atoms with Gasteiger partial charge in [0.2, 0.25) is 9.84 Å². The van der Waals surface area contributed by atoms with E-state index in [-0.39, 0.29) is 6.10 Å². The molecule has 0 aromatic heterocycles. The molecule has 0 bridgehead atoms. The van der Waals surface area contributed by atoms with Gasteiger partial charge >= 0.3 is 0 Å². The minimum absolute atomic E-state index is 0.123. The van der Waals surface area contributed by atoms with E-state index in [0.717, 1.165) is 22.3 Å². The highest BCUT2D eigenvalue weighted by Crippen LogP contribution is 2.45. The summed E-state index contributed by atoms with van der Waals surface area (Å²) in [6.07, 6.45) is -0.259. The number of aryl methyl sites for hydroxylation is 1. The predicted molar refractivity (Wildman–Crippen MR) is 124 cm³/mol. The molecule has 1 heterocycles. The molecule has 0 radical (unpaired) electrons. The SMILES string of the molecule is Cc1ccc(S(=O)(=O)C2=C(c3ccccc3)CC(CBr)OC2c2ccccc2)cc1. The number of rotatable bonds is 5. The zero-order chi connectivity index (χ0) is 21.1. The zero-order valence-electron chi connectivity index (χ0n) is 16.7. The minimum atomic E-state index is -3.77. The maximum Gasteiger partial charge on any atom is 0.206 e. The Morgan fingerprint density at radius 3 is 2.10 bits per heavy atom. The summed E-state index contributed by atoms with van der Waals surface area (Å²) in [5, 5.41) is 0.629. The quantitative estimate of drug-likeness (QED) is 0.412. The molecular formula is C25H23BrO3S. The maximum absolute atomic E-state index is 13.9. The van der Waals surface area contributed by atoms with Crippen molar-refractivity contribution < 1.29 is 13.2 Å². The Morgan fingerprint density at radius 1 is 0.900 bits per heavy atom. The van der Waals surface area contributed by atoms with Gasteiger partial charge in [0.05, 0.1) is 15.9 Å². The molecule has 154 valence electrons. The summed E-state index contributed by atoms with van der Waals surface area (Å²) in [6, 6.07) is 26.4. The van der Waals surface area contributed by atoms with Crippen molar-refractivity contribution in [2.45, 2.75) is 30.4 Å². The first-order valence-corrected chi connectivity index (χ1v) is 12.5. The number of hydrogen-bond acceptors (Lipinski definition) is 3. The Morgan fingerprint density at radius 2 is 1.50 bits per heavy atom. The van der Waals surface area contributed by atoms with Crippen LogP contribution in [0, 0.1) is 6.92 Å². The first-order chi connectivity index (χ1) is 14.5. The van der Waals surface area contributed by atoms with Crippen LogP contribution in [0.4, 0.5) is 0 Å². The first-order valence-electron chi connectivity index (χ1n) is 9.87. The summed E-state index contributed by atoms with van der Waals surface area (Å²) in [4.78, 5) is 0.624. The molecule has 3 aromatic rings. The summed E-state index contributed by atoms with van der Waals surface area (Å²) in [7, 11) is -3.77. The van der Waals surface area contributed by atoms with Crippen LogP contribution < -0.4 is 0 Å². The van der Waals surface area contributed by atoms with E-state index < -0.39 is 15.9 Å². The topological polar surface area (TPSA) is 43.4 Å². The molecule has 1 aliphatic heterocycles. The normalized spacial score (nSPS) is 19.7. The molecule has 1 aliphatic rings. The largest absolute Gasteiger partial charge is 0.364 e. The van der Waals surface area contributed by atoms with Crippen molar-refractivity contribution in [1.29, 1.82) is 0 Å². The van der Waals surface area contributed by atoms with Crippen molar-refractivity contribution in [3.63, 3.8) is 0 Å². The third kappa shape index (κ3) is 4.15. The van der Waals surface area contributed by atoms with E-state index in [2.05, 4.69) is 15.9 Å². The van der Waals surface area contributed by atoms with Crippen LogP contribution in [0.3, 0.4) is 0 Å². The summed E-state index contributed by atoms with van der Waals surface area (Å²) >= 11 is 3.54. The molecule has 0 saturated heterocycles. The van der Waals surface area contributed by atoms with Crippen molar-refractivity contribution in [2.75, 3.05) is 5.33 Å². The lowest BCUT2D eigenvalue weighted by Crippen LogP contribution is -2.29. The molecule has 0 amide bonds. The Labute approximate surface area is 186 Å². The van der Waals surface area contributed by atoms with E-state index in [1.54, 1.807) is 12.1 Å². The molecule has 3 aromatic carbocycles. The van der Waals surface area contributed by atoms with Gasteiger partial charge in [-0.3, -0.25) is 0 Å². The number of benzene rings is 3. The van der Waals surface area contributed by atoms with Crippen molar-refractivity contribution in [1.82, 2.24) is 0 Å². The molecule has 3 nitrogen and oxygen atoms in total. The highest BCUT2D eigenvalue weighted by Gasteiger charge is 2.39. The van der Waals surface area contributed by atoms with Gasteiger partial charge in [0.25, 0.3) is 0 Å². The fourth-order valence-corrected chi connectivity index (χ4v) is 5.91. The van der Waals surface area contributed by atoms with Crippen molar-refractivity contribution in [3.05, 3.63) is 107 Å². The van der Waals surface area contributed by atoms with Crippen LogP contribution >= 0.6 is 15.9 Å². The van der Waals surface area contributed by atoms with E-state index in [4.69, 9.17) is 4.74 Å². The first kappa shape index (κ1) is 21.0. The van der Waals surface area contributed by atoms with Gasteiger partial charge in [0, 0.05) is 11.8 Å². The van der Waals surface area contributed by atoms with Crippen LogP contribution in [-0.2, 0) is 14.6 Å². The average molecular weight is 483 g/mol. The van der Waals surface area contributed by atoms with Gasteiger partial charge in [-0.2, -0.15) is 0 Å². The van der Waals surface area contributed by atoms with E-state index in [9.17, 15) is 8.42 Å². The van der Waals surface area contributed by atoms with Gasteiger partial charge in [-0.15, -0.1) is 0 Å². The second kappa shape index (κ2) is 8.88. The highest BCUT2D eigenvalue weighted by molar-refractivity contribution is 9.09. The fraction of sp³-hybridized carbons (Fsp3) is 0.200. The van der Waals surface area contributed by atoms with E-state index in [1.807, 2.05) is 79.7 Å². The summed E-state index contributed by atoms with van der Waals surface area (Å²) in [6.45, 7) is 1.95. The number of halogens is 1. The lowest BCUT2D eigenvalue weighted by Gasteiger charge is -2.34. The fourth-order valence-electron chi connectivity index (χ4n) is 3.78. The van der Waals surface area contributed by atoms with E-state index in [1.165, 1.54) is 0 Å². The number of ether oxygens (including phenoxy) is 1. The van der Waals surface area contributed by atoms with E-state index in [0.29, 0.717) is 21.6 Å². The average Bonchev–Trinajstić information content (AvgIpc) is 2.79. The predicted octanol–water partition coefficient (Wildman–Crippen LogP) is 6.11. The zero-order valence-corrected chi connectivity index (χ0v) is 19.1. The van der Waals surface area contributed by atoms with Crippen molar-refractivity contribution in [2.24, 2.45) is 0 Å². The van der Waals surface area contributed by atoms with Gasteiger partial charge in [-0.1, -0.05) is 94.3 Å². The third-order valence-electron chi connectivity index (χ3n) is 5.31. The minimum Gasteiger partial charge on any atom is -0.364 e. The van der Waals surface area contributed by atoms with Crippen LogP contribution in [0.5, 0.6) is 0 Å². The number of alkyl halides is 1. The molecule has 0 spiro atoms. The van der Waals surface area contributed by atoms with Crippen LogP contribution in [0.1, 0.15) is 29.2 Å². The molecule has 0 saturated carbocycles. The van der Waals surface area contributed by atoms with Crippen molar-refractivity contribution in [3.8, 4) is 0 Å². The molecule has 5 heteroatoms. The van der Waals surface area contributed by atoms with Gasteiger partial charge in [-0.05, 0) is 35.8 Å². The van der Waals surface area contributed by atoms with Gasteiger partial charge < -0.3 is 4.74 Å². The Hall–Kier alpha value is -2.21. The second-order valence-corrected chi connectivity index (χ2v) is 10.00.